The van der Waals surface area contributed by atoms with Crippen molar-refractivity contribution < 1.29 is 14.5 Å². The molecule has 1 fully saturated rings. The number of nitro groups is 1. The highest BCUT2D eigenvalue weighted by atomic mass is 35.5. The minimum atomic E-state index is -0.590. The fraction of sp³-hybridized carbons (Fsp3) is 0.385. The van der Waals surface area contributed by atoms with Gasteiger partial charge < -0.3 is 0 Å². The van der Waals surface area contributed by atoms with Crippen molar-refractivity contribution >= 4 is 29.1 Å². The van der Waals surface area contributed by atoms with Gasteiger partial charge in [0.25, 0.3) is 5.69 Å². The first-order valence-electron chi connectivity index (χ1n) is 6.14. The number of likely N-dealkylation sites (tertiary alicyclic amines) is 1. The number of imide groups is 1. The maximum atomic E-state index is 11.9. The van der Waals surface area contributed by atoms with Gasteiger partial charge in [0.2, 0.25) is 11.8 Å². The van der Waals surface area contributed by atoms with Crippen molar-refractivity contribution in [1.82, 2.24) is 4.90 Å². The molecule has 2 rings (SSSR count). The van der Waals surface area contributed by atoms with E-state index in [2.05, 4.69) is 0 Å². The number of hydrogen-bond acceptors (Lipinski definition) is 4. The lowest BCUT2D eigenvalue weighted by atomic mass is 9.97. The third kappa shape index (κ3) is 2.96. The van der Waals surface area contributed by atoms with Crippen LogP contribution in [-0.4, -0.2) is 21.6 Å². The molecule has 6 nitrogen and oxygen atoms in total. The number of halogens is 1. The van der Waals surface area contributed by atoms with E-state index in [1.807, 2.05) is 6.92 Å². The molecule has 1 saturated heterocycles. The molecular formula is C13H13ClN2O4. The van der Waals surface area contributed by atoms with E-state index in [1.54, 1.807) is 6.07 Å². The molecule has 0 aromatic heterocycles. The van der Waals surface area contributed by atoms with Crippen LogP contribution in [0.3, 0.4) is 0 Å². The van der Waals surface area contributed by atoms with Crippen LogP contribution in [-0.2, 0) is 16.1 Å². The molecule has 0 spiro atoms. The number of hydrogen-bond donors (Lipinski definition) is 0. The van der Waals surface area contributed by atoms with Gasteiger partial charge in [0, 0.05) is 18.9 Å². The third-order valence-electron chi connectivity index (χ3n) is 3.20. The molecule has 0 aliphatic carbocycles. The predicted octanol–water partition coefficient (Wildman–Crippen LogP) is 2.53. The summed E-state index contributed by atoms with van der Waals surface area (Å²) < 4.78 is 0. The van der Waals surface area contributed by atoms with Crippen molar-refractivity contribution in [3.05, 3.63) is 38.9 Å². The average molecular weight is 297 g/mol. The van der Waals surface area contributed by atoms with Crippen LogP contribution in [0.1, 0.15) is 25.3 Å². The number of amides is 2. The molecule has 2 amide bonds. The Balaban J connectivity index is 2.22. The van der Waals surface area contributed by atoms with Crippen LogP contribution >= 0.6 is 11.6 Å². The molecule has 0 unspecified atom stereocenters. The molecule has 1 aromatic rings. The summed E-state index contributed by atoms with van der Waals surface area (Å²) in [5.74, 6) is -0.441. The van der Waals surface area contributed by atoms with Gasteiger partial charge in [-0.15, -0.1) is 0 Å². The van der Waals surface area contributed by atoms with Crippen LogP contribution in [0.5, 0.6) is 0 Å². The summed E-state index contributed by atoms with van der Waals surface area (Å²) in [6.07, 6.45) is 0.642. The van der Waals surface area contributed by atoms with Crippen molar-refractivity contribution in [2.45, 2.75) is 26.3 Å². The third-order valence-corrected chi connectivity index (χ3v) is 3.52. The monoisotopic (exact) mass is 296 g/mol. The molecular weight excluding hydrogens is 284 g/mol. The second-order valence-corrected chi connectivity index (χ2v) is 5.34. The van der Waals surface area contributed by atoms with Crippen LogP contribution < -0.4 is 0 Å². The highest BCUT2D eigenvalue weighted by Gasteiger charge is 2.30. The SMILES string of the molecule is CC1CC(=O)N(Cc2ccc(Cl)c([N+](=O)[O-])c2)C(=O)C1. The van der Waals surface area contributed by atoms with E-state index in [0.29, 0.717) is 18.4 Å². The molecule has 0 bridgehead atoms. The first kappa shape index (κ1) is 14.5. The fourth-order valence-electron chi connectivity index (χ4n) is 2.18. The Kier molecular flexibility index (Phi) is 4.04. The topological polar surface area (TPSA) is 80.5 Å². The second-order valence-electron chi connectivity index (χ2n) is 4.93. The normalized spacial score (nSPS) is 16.6. The van der Waals surface area contributed by atoms with Crippen molar-refractivity contribution in [1.29, 1.82) is 0 Å². The highest BCUT2D eigenvalue weighted by molar-refractivity contribution is 6.32. The van der Waals surface area contributed by atoms with E-state index in [1.165, 1.54) is 12.1 Å². The predicted molar refractivity (Wildman–Crippen MR) is 72.1 cm³/mol. The van der Waals surface area contributed by atoms with Crippen LogP contribution in [0.15, 0.2) is 18.2 Å². The smallest absolute Gasteiger partial charge is 0.278 e. The summed E-state index contributed by atoms with van der Waals surface area (Å²) in [6.45, 7) is 1.89. The van der Waals surface area contributed by atoms with Gasteiger partial charge in [0.15, 0.2) is 0 Å². The Morgan fingerprint density at radius 3 is 2.50 bits per heavy atom. The molecule has 1 aliphatic heterocycles. The highest BCUT2D eigenvalue weighted by Crippen LogP contribution is 2.27. The standard InChI is InChI=1S/C13H13ClN2O4/c1-8-4-12(17)15(13(18)5-8)7-9-2-3-10(14)11(6-9)16(19)20/h2-3,6,8H,4-5,7H2,1H3. The number of nitro benzene ring substituents is 1. The van der Waals surface area contributed by atoms with E-state index < -0.39 is 4.92 Å². The molecule has 1 heterocycles. The van der Waals surface area contributed by atoms with Crippen molar-refractivity contribution in [2.24, 2.45) is 5.92 Å². The van der Waals surface area contributed by atoms with Crippen LogP contribution in [0.4, 0.5) is 5.69 Å². The minimum absolute atomic E-state index is 0.0312. The fourth-order valence-corrected chi connectivity index (χ4v) is 2.37. The lowest BCUT2D eigenvalue weighted by Crippen LogP contribution is -2.42. The van der Waals surface area contributed by atoms with Crippen LogP contribution in [0, 0.1) is 16.0 Å². The zero-order valence-electron chi connectivity index (χ0n) is 10.8. The largest absolute Gasteiger partial charge is 0.288 e. The Morgan fingerprint density at radius 2 is 1.95 bits per heavy atom. The minimum Gasteiger partial charge on any atom is -0.278 e. The van der Waals surface area contributed by atoms with Gasteiger partial charge in [-0.05, 0) is 17.5 Å². The maximum absolute atomic E-state index is 11.9. The first-order valence-corrected chi connectivity index (χ1v) is 6.52. The summed E-state index contributed by atoms with van der Waals surface area (Å²) >= 11 is 5.72. The number of carbonyl (C=O) groups excluding carboxylic acids is 2. The Morgan fingerprint density at radius 1 is 1.35 bits per heavy atom. The second kappa shape index (κ2) is 5.58. The van der Waals surface area contributed by atoms with E-state index >= 15 is 0 Å². The van der Waals surface area contributed by atoms with Crippen LogP contribution in [0.2, 0.25) is 5.02 Å². The number of piperidine rings is 1. The zero-order valence-corrected chi connectivity index (χ0v) is 11.6. The number of rotatable bonds is 3. The van der Waals surface area contributed by atoms with Gasteiger partial charge in [-0.3, -0.25) is 24.6 Å². The molecule has 1 aliphatic rings. The molecule has 7 heteroatoms. The molecule has 0 atom stereocenters. The number of carbonyl (C=O) groups is 2. The molecule has 0 N–H and O–H groups in total. The Bertz CT molecular complexity index is 570. The zero-order chi connectivity index (χ0) is 14.9. The molecule has 20 heavy (non-hydrogen) atoms. The summed E-state index contributed by atoms with van der Waals surface area (Å²) in [5, 5.41) is 10.8. The van der Waals surface area contributed by atoms with Gasteiger partial charge >= 0.3 is 0 Å². The van der Waals surface area contributed by atoms with Gasteiger partial charge in [-0.1, -0.05) is 24.6 Å². The molecule has 1 aromatic carbocycles. The number of benzene rings is 1. The van der Waals surface area contributed by atoms with Gasteiger partial charge in [-0.2, -0.15) is 0 Å². The first-order chi connectivity index (χ1) is 9.38. The summed E-state index contributed by atoms with van der Waals surface area (Å²) in [7, 11) is 0. The average Bonchev–Trinajstić information content (AvgIpc) is 2.35. The van der Waals surface area contributed by atoms with Crippen LogP contribution in [0.25, 0.3) is 0 Å². The van der Waals surface area contributed by atoms with Crippen molar-refractivity contribution in [3.8, 4) is 0 Å². The Hall–Kier alpha value is -1.95. The van der Waals surface area contributed by atoms with Gasteiger partial charge in [-0.25, -0.2) is 0 Å². The molecule has 0 radical (unpaired) electrons. The lowest BCUT2D eigenvalue weighted by Gasteiger charge is -2.28. The quantitative estimate of drug-likeness (QED) is 0.487. The number of nitrogens with zero attached hydrogens (tertiary/aromatic N) is 2. The van der Waals surface area contributed by atoms with Gasteiger partial charge in [0.05, 0.1) is 11.5 Å². The molecule has 0 saturated carbocycles. The summed E-state index contributed by atoms with van der Waals surface area (Å²) in [4.78, 5) is 35.1. The van der Waals surface area contributed by atoms with E-state index in [9.17, 15) is 19.7 Å². The van der Waals surface area contributed by atoms with E-state index in [0.717, 1.165) is 4.90 Å². The van der Waals surface area contributed by atoms with Crippen molar-refractivity contribution in [3.63, 3.8) is 0 Å². The molecule has 106 valence electrons. The van der Waals surface area contributed by atoms with E-state index in [-0.39, 0.29) is 35.0 Å². The lowest BCUT2D eigenvalue weighted by molar-refractivity contribution is -0.384. The van der Waals surface area contributed by atoms with Crippen molar-refractivity contribution in [2.75, 3.05) is 0 Å². The Labute approximate surface area is 120 Å². The summed E-state index contributed by atoms with van der Waals surface area (Å²) in [5.41, 5.74) is 0.284. The van der Waals surface area contributed by atoms with Gasteiger partial charge in [0.1, 0.15) is 5.02 Å². The maximum Gasteiger partial charge on any atom is 0.288 e. The summed E-state index contributed by atoms with van der Waals surface area (Å²) in [6, 6.07) is 4.27. The van der Waals surface area contributed by atoms with E-state index in [4.69, 9.17) is 11.6 Å².